The fourth-order valence-corrected chi connectivity index (χ4v) is 3.35. The van der Waals surface area contributed by atoms with Crippen LogP contribution in [0.5, 0.6) is 0 Å². The minimum absolute atomic E-state index is 0.123. The topological polar surface area (TPSA) is 58.4 Å². The lowest BCUT2D eigenvalue weighted by molar-refractivity contribution is -0.121. The second-order valence-electron chi connectivity index (χ2n) is 6.64. The Morgan fingerprint density at radius 3 is 2.74 bits per heavy atom. The number of amides is 1. The van der Waals surface area contributed by atoms with Crippen LogP contribution < -0.4 is 11.1 Å². The summed E-state index contributed by atoms with van der Waals surface area (Å²) in [6.07, 6.45) is 7.84. The number of rotatable bonds is 6. The standard InChI is InChI=1S/C15H29N3O/c1-12-4-3-8-15(10-12,11-16)18(2)9-7-14(19)17-13-5-6-13/h12-13H,3-11,16H2,1-2H3,(H,17,19). The maximum Gasteiger partial charge on any atom is 0.221 e. The molecular formula is C15H29N3O. The Bertz CT molecular complexity index is 317. The molecule has 0 saturated heterocycles. The van der Waals surface area contributed by atoms with Crippen LogP contribution in [-0.4, -0.2) is 42.5 Å². The molecular weight excluding hydrogens is 238 g/mol. The van der Waals surface area contributed by atoms with E-state index in [1.54, 1.807) is 0 Å². The van der Waals surface area contributed by atoms with Crippen LogP contribution in [0, 0.1) is 5.92 Å². The zero-order valence-corrected chi connectivity index (χ0v) is 12.5. The van der Waals surface area contributed by atoms with E-state index in [2.05, 4.69) is 24.2 Å². The lowest BCUT2D eigenvalue weighted by Crippen LogP contribution is -2.55. The van der Waals surface area contributed by atoms with E-state index in [1.165, 1.54) is 25.7 Å². The number of carbonyl (C=O) groups excluding carboxylic acids is 1. The minimum atomic E-state index is 0.123. The van der Waals surface area contributed by atoms with Gasteiger partial charge in [0.2, 0.25) is 5.91 Å². The van der Waals surface area contributed by atoms with E-state index in [0.717, 1.165) is 25.3 Å². The van der Waals surface area contributed by atoms with Gasteiger partial charge in [0, 0.05) is 31.1 Å². The van der Waals surface area contributed by atoms with E-state index < -0.39 is 0 Å². The first-order chi connectivity index (χ1) is 9.05. The van der Waals surface area contributed by atoms with Gasteiger partial charge in [-0.3, -0.25) is 9.69 Å². The summed E-state index contributed by atoms with van der Waals surface area (Å²) in [6, 6.07) is 0.468. The summed E-state index contributed by atoms with van der Waals surface area (Å²) in [6.45, 7) is 3.85. The fourth-order valence-electron chi connectivity index (χ4n) is 3.35. The van der Waals surface area contributed by atoms with Crippen LogP contribution in [0.1, 0.15) is 51.9 Å². The van der Waals surface area contributed by atoms with Gasteiger partial charge in [0.05, 0.1) is 0 Å². The van der Waals surface area contributed by atoms with Gasteiger partial charge >= 0.3 is 0 Å². The van der Waals surface area contributed by atoms with E-state index in [-0.39, 0.29) is 11.4 Å². The Morgan fingerprint density at radius 1 is 1.42 bits per heavy atom. The normalized spacial score (nSPS) is 31.5. The van der Waals surface area contributed by atoms with Crippen molar-refractivity contribution in [1.82, 2.24) is 10.2 Å². The van der Waals surface area contributed by atoms with Gasteiger partial charge in [-0.25, -0.2) is 0 Å². The zero-order chi connectivity index (χ0) is 13.9. The van der Waals surface area contributed by atoms with Crippen LogP contribution >= 0.6 is 0 Å². The second-order valence-corrected chi connectivity index (χ2v) is 6.64. The highest BCUT2D eigenvalue weighted by molar-refractivity contribution is 5.76. The summed E-state index contributed by atoms with van der Waals surface area (Å²) >= 11 is 0. The SMILES string of the molecule is CC1CCCC(CN)(N(C)CCC(=O)NC2CC2)C1. The molecule has 0 aromatic heterocycles. The third-order valence-electron chi connectivity index (χ3n) is 4.87. The predicted molar refractivity (Wildman–Crippen MR) is 77.8 cm³/mol. The summed E-state index contributed by atoms with van der Waals surface area (Å²) < 4.78 is 0. The number of nitrogens with one attached hydrogen (secondary N) is 1. The average molecular weight is 267 g/mol. The van der Waals surface area contributed by atoms with Gasteiger partial charge in [0.25, 0.3) is 0 Å². The van der Waals surface area contributed by atoms with E-state index in [9.17, 15) is 4.79 Å². The van der Waals surface area contributed by atoms with Crippen LogP contribution in [0.25, 0.3) is 0 Å². The van der Waals surface area contributed by atoms with Crippen molar-refractivity contribution in [1.29, 1.82) is 0 Å². The Morgan fingerprint density at radius 2 is 2.16 bits per heavy atom. The molecule has 0 aliphatic heterocycles. The van der Waals surface area contributed by atoms with E-state index >= 15 is 0 Å². The molecule has 2 saturated carbocycles. The zero-order valence-electron chi connectivity index (χ0n) is 12.5. The number of hydrogen-bond donors (Lipinski definition) is 2. The second kappa shape index (κ2) is 6.23. The van der Waals surface area contributed by atoms with Crippen molar-refractivity contribution < 1.29 is 4.79 Å². The smallest absolute Gasteiger partial charge is 0.221 e. The first-order valence-corrected chi connectivity index (χ1v) is 7.76. The number of likely N-dealkylation sites (N-methyl/N-ethyl adjacent to an activating group) is 1. The van der Waals surface area contributed by atoms with Crippen molar-refractivity contribution in [2.24, 2.45) is 11.7 Å². The Hall–Kier alpha value is -0.610. The lowest BCUT2D eigenvalue weighted by Gasteiger charge is -2.46. The van der Waals surface area contributed by atoms with Crippen molar-refractivity contribution in [3.63, 3.8) is 0 Å². The molecule has 110 valence electrons. The molecule has 2 aliphatic carbocycles. The van der Waals surface area contributed by atoms with Gasteiger partial charge < -0.3 is 11.1 Å². The number of nitrogens with two attached hydrogens (primary N) is 1. The van der Waals surface area contributed by atoms with Gasteiger partial charge in [-0.1, -0.05) is 19.8 Å². The molecule has 4 heteroatoms. The minimum Gasteiger partial charge on any atom is -0.353 e. The Kier molecular flexibility index (Phi) is 4.85. The first kappa shape index (κ1) is 14.8. The average Bonchev–Trinajstić information content (AvgIpc) is 3.19. The molecule has 0 aromatic rings. The van der Waals surface area contributed by atoms with Gasteiger partial charge in [-0.2, -0.15) is 0 Å². The first-order valence-electron chi connectivity index (χ1n) is 7.76. The molecule has 3 N–H and O–H groups in total. The summed E-state index contributed by atoms with van der Waals surface area (Å²) in [5.74, 6) is 0.949. The molecule has 2 aliphatic rings. The monoisotopic (exact) mass is 267 g/mol. The molecule has 0 spiro atoms. The van der Waals surface area contributed by atoms with Crippen LogP contribution in [0.15, 0.2) is 0 Å². The highest BCUT2D eigenvalue weighted by atomic mass is 16.1. The molecule has 0 bridgehead atoms. The third kappa shape index (κ3) is 3.93. The molecule has 1 amide bonds. The van der Waals surface area contributed by atoms with E-state index in [1.807, 2.05) is 0 Å². The summed E-state index contributed by atoms with van der Waals surface area (Å²) in [5, 5.41) is 3.05. The van der Waals surface area contributed by atoms with Gasteiger partial charge in [0.15, 0.2) is 0 Å². The molecule has 4 nitrogen and oxygen atoms in total. The highest BCUT2D eigenvalue weighted by Gasteiger charge is 2.37. The Labute approximate surface area is 117 Å². The number of hydrogen-bond acceptors (Lipinski definition) is 3. The summed E-state index contributed by atoms with van der Waals surface area (Å²) in [5.41, 5.74) is 6.18. The van der Waals surface area contributed by atoms with Crippen molar-refractivity contribution in [3.05, 3.63) is 0 Å². The highest BCUT2D eigenvalue weighted by Crippen LogP contribution is 2.35. The molecule has 0 radical (unpaired) electrons. The van der Waals surface area contributed by atoms with Gasteiger partial charge in [0.1, 0.15) is 0 Å². The third-order valence-corrected chi connectivity index (χ3v) is 4.87. The molecule has 2 fully saturated rings. The molecule has 2 atom stereocenters. The number of carbonyl (C=O) groups is 1. The van der Waals surface area contributed by atoms with Crippen molar-refractivity contribution in [2.45, 2.75) is 63.5 Å². The molecule has 2 unspecified atom stereocenters. The summed E-state index contributed by atoms with van der Waals surface area (Å²) in [4.78, 5) is 14.1. The maximum absolute atomic E-state index is 11.8. The van der Waals surface area contributed by atoms with E-state index in [4.69, 9.17) is 5.73 Å². The lowest BCUT2D eigenvalue weighted by atomic mass is 9.75. The molecule has 2 rings (SSSR count). The van der Waals surface area contributed by atoms with Crippen LogP contribution in [0.3, 0.4) is 0 Å². The number of nitrogens with zero attached hydrogens (tertiary/aromatic N) is 1. The van der Waals surface area contributed by atoms with Crippen molar-refractivity contribution >= 4 is 5.91 Å². The molecule has 0 aromatic carbocycles. The molecule has 19 heavy (non-hydrogen) atoms. The Balaban J connectivity index is 1.81. The van der Waals surface area contributed by atoms with Crippen molar-refractivity contribution in [3.8, 4) is 0 Å². The van der Waals surface area contributed by atoms with Gasteiger partial charge in [-0.15, -0.1) is 0 Å². The largest absolute Gasteiger partial charge is 0.353 e. The van der Waals surface area contributed by atoms with E-state index in [0.29, 0.717) is 19.0 Å². The van der Waals surface area contributed by atoms with Crippen molar-refractivity contribution in [2.75, 3.05) is 20.1 Å². The predicted octanol–water partition coefficient (Wildman–Crippen LogP) is 1.49. The molecule has 0 heterocycles. The summed E-state index contributed by atoms with van der Waals surface area (Å²) in [7, 11) is 2.13. The van der Waals surface area contributed by atoms with Crippen LogP contribution in [-0.2, 0) is 4.79 Å². The maximum atomic E-state index is 11.8. The van der Waals surface area contributed by atoms with Gasteiger partial charge in [-0.05, 0) is 38.6 Å². The quantitative estimate of drug-likeness (QED) is 0.766. The fraction of sp³-hybridized carbons (Fsp3) is 0.933. The van der Waals surface area contributed by atoms with Crippen LogP contribution in [0.4, 0.5) is 0 Å². The van der Waals surface area contributed by atoms with Crippen LogP contribution in [0.2, 0.25) is 0 Å².